The van der Waals surface area contributed by atoms with Crippen LogP contribution in [0.15, 0.2) is 23.8 Å². The van der Waals surface area contributed by atoms with Crippen LogP contribution in [-0.2, 0) is 42.7 Å². The van der Waals surface area contributed by atoms with Crippen molar-refractivity contribution in [2.75, 3.05) is 54.6 Å². The molecule has 0 bridgehead atoms. The fraction of sp³-hybridized carbons (Fsp3) is 0.870. The number of likely N-dealkylation sites (N-methyl/N-ethyl adjacent to an activating group) is 1. The summed E-state index contributed by atoms with van der Waals surface area (Å²) < 4.78 is 42.6. The number of nitrogens with zero attached hydrogens (tertiary/aromatic N) is 2. The molecule has 0 aromatic carbocycles. The Morgan fingerprint density at radius 2 is 1.44 bits per heavy atom. The van der Waals surface area contributed by atoms with Crippen LogP contribution in [0.1, 0.15) is 87.5 Å². The Labute approximate surface area is 365 Å². The number of carbonyl (C=O) groups excluding carboxylic acids is 2. The molecule has 0 saturated carbocycles. The molecule has 4 N–H and O–H groups in total. The summed E-state index contributed by atoms with van der Waals surface area (Å²) in [7, 11) is 6.54. The lowest BCUT2D eigenvalue weighted by atomic mass is 9.79. The number of rotatable bonds is 12. The number of aliphatic hydroxyl groups excluding tert-OH is 4. The highest BCUT2D eigenvalue weighted by atomic mass is 16.7. The van der Waals surface area contributed by atoms with Gasteiger partial charge in [0.1, 0.15) is 30.5 Å². The molecule has 3 fully saturated rings. The average Bonchev–Trinajstić information content (AvgIpc) is 3.19. The van der Waals surface area contributed by atoms with E-state index in [1.165, 1.54) is 20.6 Å². The fourth-order valence-corrected chi connectivity index (χ4v) is 10.0. The van der Waals surface area contributed by atoms with Gasteiger partial charge in [0, 0.05) is 45.1 Å². The number of ether oxygens (including phenoxy) is 7. The van der Waals surface area contributed by atoms with Crippen molar-refractivity contribution in [2.24, 2.45) is 35.5 Å². The number of hydrogen-bond donors (Lipinski definition) is 4. The van der Waals surface area contributed by atoms with Gasteiger partial charge in [0.2, 0.25) is 0 Å². The van der Waals surface area contributed by atoms with Gasteiger partial charge in [0.05, 0.1) is 49.6 Å². The van der Waals surface area contributed by atoms with Crippen LogP contribution in [-0.4, -0.2) is 176 Å². The monoisotopic (exact) mass is 869 g/mol. The van der Waals surface area contributed by atoms with E-state index in [0.29, 0.717) is 31.1 Å². The summed E-state index contributed by atoms with van der Waals surface area (Å²) >= 11 is 0. The highest BCUT2D eigenvalue weighted by Crippen LogP contribution is 2.36. The van der Waals surface area contributed by atoms with Crippen molar-refractivity contribution in [3.05, 3.63) is 23.8 Å². The van der Waals surface area contributed by atoms with Crippen molar-refractivity contribution in [3.8, 4) is 0 Å². The number of piperidine rings is 1. The lowest BCUT2D eigenvalue weighted by Crippen LogP contribution is -2.63. The van der Waals surface area contributed by atoms with Gasteiger partial charge in [-0.25, -0.2) is 0 Å². The van der Waals surface area contributed by atoms with Crippen LogP contribution in [0.4, 0.5) is 0 Å². The van der Waals surface area contributed by atoms with Crippen molar-refractivity contribution in [1.82, 2.24) is 9.80 Å². The maximum atomic E-state index is 14.0. The zero-order valence-corrected chi connectivity index (χ0v) is 38.9. The lowest BCUT2D eigenvalue weighted by molar-refractivity contribution is -0.304. The molecule has 15 heteroatoms. The summed E-state index contributed by atoms with van der Waals surface area (Å²) in [5.41, 5.74) is 0.761. The first kappa shape index (κ1) is 51.8. The van der Waals surface area contributed by atoms with Crippen molar-refractivity contribution < 1.29 is 63.2 Å². The molecule has 0 aromatic rings. The Balaban J connectivity index is 1.68. The van der Waals surface area contributed by atoms with E-state index in [-0.39, 0.29) is 24.7 Å². The van der Waals surface area contributed by atoms with Crippen LogP contribution in [0, 0.1) is 35.5 Å². The van der Waals surface area contributed by atoms with Gasteiger partial charge in [-0.3, -0.25) is 9.59 Å². The first-order chi connectivity index (χ1) is 28.8. The van der Waals surface area contributed by atoms with Crippen LogP contribution in [0.5, 0.6) is 0 Å². The number of esters is 1. The van der Waals surface area contributed by atoms with Crippen LogP contribution < -0.4 is 0 Å². The Bertz CT molecular complexity index is 1420. The molecular formula is C46H80N2O13. The molecule has 4 aliphatic rings. The van der Waals surface area contributed by atoms with E-state index in [4.69, 9.17) is 33.2 Å². The third-order valence-corrected chi connectivity index (χ3v) is 13.5. The number of cyclic esters (lactones) is 1. The Morgan fingerprint density at radius 3 is 2.05 bits per heavy atom. The van der Waals surface area contributed by atoms with E-state index >= 15 is 0 Å². The molecule has 0 radical (unpaired) electrons. The molecule has 352 valence electrons. The van der Waals surface area contributed by atoms with E-state index in [2.05, 4.69) is 18.7 Å². The standard InChI is InChI=1S/C46H80N2O13/c1-13-36-33(24-57-46-44(56-12)43(55-11)40(53)31(8)59-46)19-25(2)14-15-34(49)28(5)20-32(16-17-48-22-26(3)18-27(4)23-48)42(29(6)35(50)21-37(51)60-36)61-45-41(54)38(47(9)10)39(52)30(7)58-45/h14-15,19,26-33,35-36,38-46,50,52-54H,13,16-18,20-24H2,1-12H3/b15-14-,25-19-/t26-,27+,28-,29+,30-,31-,32+,33-,35-,36-,38+,39-,40-,41-,42-,43-,44-,45+,46-/m1/s1. The normalized spacial score (nSPS) is 44.3. The zero-order chi connectivity index (χ0) is 45.3. The predicted octanol–water partition coefficient (Wildman–Crippen LogP) is 3.34. The van der Waals surface area contributed by atoms with Crippen molar-refractivity contribution in [2.45, 2.75) is 167 Å². The highest BCUT2D eigenvalue weighted by Gasteiger charge is 2.48. The lowest BCUT2D eigenvalue weighted by Gasteiger charge is -2.47. The first-order valence-corrected chi connectivity index (χ1v) is 22.6. The second-order valence-corrected chi connectivity index (χ2v) is 18.9. The Kier molecular flexibility index (Phi) is 20.3. The summed E-state index contributed by atoms with van der Waals surface area (Å²) in [6.07, 6.45) is -2.96. The van der Waals surface area contributed by atoms with Crippen molar-refractivity contribution >= 4 is 11.8 Å². The number of aliphatic hydroxyl groups is 4. The molecule has 0 aromatic heterocycles. The molecule has 19 atom stereocenters. The van der Waals surface area contributed by atoms with Crippen LogP contribution in [0.25, 0.3) is 0 Å². The molecule has 61 heavy (non-hydrogen) atoms. The minimum absolute atomic E-state index is 0.0427. The molecule has 3 saturated heterocycles. The third-order valence-electron chi connectivity index (χ3n) is 13.5. The highest BCUT2D eigenvalue weighted by molar-refractivity contribution is 5.91. The maximum Gasteiger partial charge on any atom is 0.308 e. The third kappa shape index (κ3) is 13.8. The number of likely N-dealkylation sites (tertiary alicyclic amines) is 1. The maximum absolute atomic E-state index is 14.0. The molecule has 0 unspecified atom stereocenters. The minimum atomic E-state index is -1.23. The molecule has 4 aliphatic heterocycles. The molecule has 0 aliphatic carbocycles. The van der Waals surface area contributed by atoms with E-state index in [9.17, 15) is 30.0 Å². The Hall–Kier alpha value is -1.86. The second-order valence-electron chi connectivity index (χ2n) is 18.9. The molecule has 15 nitrogen and oxygen atoms in total. The first-order valence-electron chi connectivity index (χ1n) is 22.6. The quantitative estimate of drug-likeness (QED) is 0.209. The van der Waals surface area contributed by atoms with Gasteiger partial charge in [-0.15, -0.1) is 0 Å². The van der Waals surface area contributed by atoms with Gasteiger partial charge in [0.15, 0.2) is 18.4 Å². The number of methoxy groups -OCH3 is 2. The molecule has 4 rings (SSSR count). The summed E-state index contributed by atoms with van der Waals surface area (Å²) in [5, 5.41) is 45.3. The van der Waals surface area contributed by atoms with E-state index < -0.39 is 103 Å². The Morgan fingerprint density at radius 1 is 0.820 bits per heavy atom. The van der Waals surface area contributed by atoms with Gasteiger partial charge in [-0.05, 0) is 90.9 Å². The largest absolute Gasteiger partial charge is 0.462 e. The topological polar surface area (TPSA) is 186 Å². The predicted molar refractivity (Wildman–Crippen MR) is 229 cm³/mol. The summed E-state index contributed by atoms with van der Waals surface area (Å²) in [5.74, 6) is -1.46. The molecule has 4 heterocycles. The smallest absolute Gasteiger partial charge is 0.308 e. The average molecular weight is 869 g/mol. The van der Waals surface area contributed by atoms with Gasteiger partial charge in [-0.1, -0.05) is 52.3 Å². The number of carbonyl (C=O) groups is 2. The van der Waals surface area contributed by atoms with Gasteiger partial charge >= 0.3 is 5.97 Å². The second kappa shape index (κ2) is 23.9. The van der Waals surface area contributed by atoms with Crippen LogP contribution in [0.2, 0.25) is 0 Å². The molecular weight excluding hydrogens is 789 g/mol. The summed E-state index contributed by atoms with van der Waals surface area (Å²) in [4.78, 5) is 32.1. The SMILES string of the molecule is CC[C@H]1OC(=O)C[C@@H](O)[C@H](C)[C@@H](O[C@@H]2O[C@H](C)[C@@H](O)[C@H](N(C)C)[C@H]2O)[C@@H](CCN2C[C@H](C)C[C@H](C)C2)C[C@@H](C)C(=O)/C=C\C(C)=C/[C@@H]1CO[C@@H]1O[C@H](C)[C@@H](O)[C@@H](OC)[C@H]1OC. The van der Waals surface area contributed by atoms with Crippen LogP contribution in [0.3, 0.4) is 0 Å². The fourth-order valence-electron chi connectivity index (χ4n) is 10.0. The minimum Gasteiger partial charge on any atom is -0.462 e. The van der Waals surface area contributed by atoms with Crippen molar-refractivity contribution in [1.29, 1.82) is 0 Å². The molecule has 0 spiro atoms. The molecule has 0 amide bonds. The van der Waals surface area contributed by atoms with E-state index in [0.717, 1.165) is 25.2 Å². The van der Waals surface area contributed by atoms with E-state index in [1.807, 2.05) is 33.8 Å². The van der Waals surface area contributed by atoms with Gasteiger partial charge in [-0.2, -0.15) is 0 Å². The van der Waals surface area contributed by atoms with Crippen LogP contribution >= 0.6 is 0 Å². The number of allylic oxidation sites excluding steroid dienone is 3. The van der Waals surface area contributed by atoms with E-state index in [1.54, 1.807) is 45.0 Å². The summed E-state index contributed by atoms with van der Waals surface area (Å²) in [6.45, 7) is 18.2. The number of ketones is 1. The number of hydrogen-bond acceptors (Lipinski definition) is 15. The summed E-state index contributed by atoms with van der Waals surface area (Å²) in [6, 6.07) is -0.684. The van der Waals surface area contributed by atoms with Gasteiger partial charge < -0.3 is 63.4 Å². The van der Waals surface area contributed by atoms with Crippen molar-refractivity contribution in [3.63, 3.8) is 0 Å². The van der Waals surface area contributed by atoms with Gasteiger partial charge in [0.25, 0.3) is 0 Å². The zero-order valence-electron chi connectivity index (χ0n) is 38.9.